The van der Waals surface area contributed by atoms with Crippen LogP contribution in [0.15, 0.2) is 63.8 Å². The SMILES string of the molecule is CCCN1C(=O)C2(c3ccccc31)c1c(oc3cc(C)c(C)cc3c1=O)C(=O)N2c1nc2ccc(Cl)cc2s1. The highest BCUT2D eigenvalue weighted by Crippen LogP contribution is 2.54. The van der Waals surface area contributed by atoms with Crippen molar-refractivity contribution in [2.45, 2.75) is 32.7 Å². The van der Waals surface area contributed by atoms with Gasteiger partial charge in [0.2, 0.25) is 5.76 Å². The third-order valence-electron chi connectivity index (χ3n) is 7.72. The average Bonchev–Trinajstić information content (AvgIpc) is 3.51. The number of aryl methyl sites for hydroxylation is 2. The van der Waals surface area contributed by atoms with E-state index in [9.17, 15) is 14.4 Å². The van der Waals surface area contributed by atoms with Gasteiger partial charge < -0.3 is 9.32 Å². The molecule has 0 aliphatic carbocycles. The first-order chi connectivity index (χ1) is 18.8. The summed E-state index contributed by atoms with van der Waals surface area (Å²) in [6.07, 6.45) is 0.696. The fourth-order valence-corrected chi connectivity index (χ4v) is 7.14. The zero-order chi connectivity index (χ0) is 27.2. The second kappa shape index (κ2) is 8.24. The van der Waals surface area contributed by atoms with Gasteiger partial charge in [0.05, 0.1) is 26.9 Å². The fourth-order valence-electron chi connectivity index (χ4n) is 5.85. The Bertz CT molecular complexity index is 1960. The van der Waals surface area contributed by atoms with Gasteiger partial charge in [-0.25, -0.2) is 4.98 Å². The molecule has 1 atom stereocenters. The number of thiazole rings is 1. The van der Waals surface area contributed by atoms with Crippen molar-refractivity contribution >= 4 is 66.8 Å². The molecule has 0 fully saturated rings. The lowest BCUT2D eigenvalue weighted by molar-refractivity contribution is -0.121. The normalized spacial score (nSPS) is 18.2. The van der Waals surface area contributed by atoms with Crippen LogP contribution < -0.4 is 15.2 Å². The van der Waals surface area contributed by atoms with Gasteiger partial charge in [-0.1, -0.05) is 48.1 Å². The molecule has 3 aromatic carbocycles. The van der Waals surface area contributed by atoms with Crippen LogP contribution >= 0.6 is 22.9 Å². The number of hydrogen-bond donors (Lipinski definition) is 0. The maximum Gasteiger partial charge on any atom is 0.297 e. The van der Waals surface area contributed by atoms with Crippen LogP contribution in [0.5, 0.6) is 0 Å². The average molecular weight is 556 g/mol. The summed E-state index contributed by atoms with van der Waals surface area (Å²) in [5.74, 6) is -1.08. The number of halogens is 1. The number of para-hydroxylation sites is 1. The van der Waals surface area contributed by atoms with Crippen LogP contribution in [-0.2, 0) is 10.3 Å². The molecular formula is C30H22ClN3O4S. The highest BCUT2D eigenvalue weighted by Gasteiger charge is 2.66. The summed E-state index contributed by atoms with van der Waals surface area (Å²) in [5.41, 5.74) is 1.92. The lowest BCUT2D eigenvalue weighted by Gasteiger charge is -2.32. The summed E-state index contributed by atoms with van der Waals surface area (Å²) in [7, 11) is 0. The Kier molecular flexibility index (Phi) is 5.09. The molecule has 5 aromatic rings. The highest BCUT2D eigenvalue weighted by molar-refractivity contribution is 7.22. The van der Waals surface area contributed by atoms with Crippen molar-refractivity contribution in [3.63, 3.8) is 0 Å². The molecule has 2 aliphatic rings. The van der Waals surface area contributed by atoms with E-state index in [1.54, 1.807) is 35.2 Å². The van der Waals surface area contributed by atoms with E-state index in [4.69, 9.17) is 21.0 Å². The summed E-state index contributed by atoms with van der Waals surface area (Å²) in [6.45, 7) is 6.25. The Morgan fingerprint density at radius 3 is 2.59 bits per heavy atom. The second-order valence-electron chi connectivity index (χ2n) is 10.0. The number of nitrogens with zero attached hydrogens (tertiary/aromatic N) is 3. The number of carbonyl (C=O) groups is 2. The van der Waals surface area contributed by atoms with E-state index in [0.717, 1.165) is 15.8 Å². The number of carbonyl (C=O) groups excluding carboxylic acids is 2. The summed E-state index contributed by atoms with van der Waals surface area (Å²) >= 11 is 7.49. The number of fused-ring (bicyclic) bond motifs is 6. The monoisotopic (exact) mass is 555 g/mol. The number of rotatable bonds is 3. The van der Waals surface area contributed by atoms with E-state index < -0.39 is 16.9 Å². The van der Waals surface area contributed by atoms with E-state index in [0.29, 0.717) is 50.9 Å². The van der Waals surface area contributed by atoms with Crippen molar-refractivity contribution < 1.29 is 14.0 Å². The molecule has 2 aliphatic heterocycles. The molecule has 0 bridgehead atoms. The largest absolute Gasteiger partial charge is 0.450 e. The predicted octanol–water partition coefficient (Wildman–Crippen LogP) is 6.33. The minimum Gasteiger partial charge on any atom is -0.450 e. The van der Waals surface area contributed by atoms with E-state index in [2.05, 4.69) is 0 Å². The maximum absolute atomic E-state index is 14.7. The first-order valence-corrected chi connectivity index (χ1v) is 13.9. The van der Waals surface area contributed by atoms with Gasteiger partial charge in [-0.05, 0) is 67.8 Å². The summed E-state index contributed by atoms with van der Waals surface area (Å²) in [4.78, 5) is 51.1. The first-order valence-electron chi connectivity index (χ1n) is 12.7. The van der Waals surface area contributed by atoms with Crippen molar-refractivity contribution in [1.82, 2.24) is 4.98 Å². The summed E-state index contributed by atoms with van der Waals surface area (Å²) in [5, 5.41) is 1.16. The molecule has 4 heterocycles. The molecule has 39 heavy (non-hydrogen) atoms. The smallest absolute Gasteiger partial charge is 0.297 e. The van der Waals surface area contributed by atoms with E-state index in [1.165, 1.54) is 16.2 Å². The van der Waals surface area contributed by atoms with E-state index in [-0.39, 0.29) is 17.2 Å². The zero-order valence-corrected chi connectivity index (χ0v) is 22.9. The topological polar surface area (TPSA) is 83.7 Å². The van der Waals surface area contributed by atoms with Gasteiger partial charge in [-0.2, -0.15) is 0 Å². The maximum atomic E-state index is 14.7. The number of aromatic nitrogens is 1. The van der Waals surface area contributed by atoms with E-state index in [1.807, 2.05) is 45.0 Å². The fraction of sp³-hybridized carbons (Fsp3) is 0.200. The van der Waals surface area contributed by atoms with Crippen LogP contribution in [0.1, 0.15) is 46.2 Å². The van der Waals surface area contributed by atoms with Crippen molar-refractivity contribution in [3.05, 3.63) is 97.9 Å². The Morgan fingerprint density at radius 1 is 1.03 bits per heavy atom. The van der Waals surface area contributed by atoms with Crippen LogP contribution in [0.2, 0.25) is 5.02 Å². The van der Waals surface area contributed by atoms with Gasteiger partial charge >= 0.3 is 0 Å². The van der Waals surface area contributed by atoms with Crippen molar-refractivity contribution in [3.8, 4) is 0 Å². The molecule has 194 valence electrons. The molecule has 7 rings (SSSR count). The minimum atomic E-state index is -1.75. The van der Waals surface area contributed by atoms with Crippen LogP contribution in [-0.4, -0.2) is 23.3 Å². The van der Waals surface area contributed by atoms with Gasteiger partial charge in [0.15, 0.2) is 16.1 Å². The predicted molar refractivity (Wildman–Crippen MR) is 153 cm³/mol. The summed E-state index contributed by atoms with van der Waals surface area (Å²) in [6, 6.07) is 16.1. The molecule has 7 nitrogen and oxygen atoms in total. The van der Waals surface area contributed by atoms with Crippen molar-refractivity contribution in [2.24, 2.45) is 0 Å². The minimum absolute atomic E-state index is 0.0385. The van der Waals surface area contributed by atoms with Gasteiger partial charge in [0, 0.05) is 17.1 Å². The molecule has 0 radical (unpaired) electrons. The lowest BCUT2D eigenvalue weighted by Crippen LogP contribution is -2.53. The number of anilines is 2. The molecule has 9 heteroatoms. The Morgan fingerprint density at radius 2 is 1.79 bits per heavy atom. The molecule has 0 saturated heterocycles. The second-order valence-corrected chi connectivity index (χ2v) is 11.4. The highest BCUT2D eigenvalue weighted by atomic mass is 35.5. The molecule has 1 unspecified atom stereocenters. The van der Waals surface area contributed by atoms with Crippen LogP contribution in [0, 0.1) is 13.8 Å². The first kappa shape index (κ1) is 24.1. The summed E-state index contributed by atoms with van der Waals surface area (Å²) < 4.78 is 6.98. The van der Waals surface area contributed by atoms with Crippen LogP contribution in [0.4, 0.5) is 10.8 Å². The van der Waals surface area contributed by atoms with Crippen LogP contribution in [0.3, 0.4) is 0 Å². The van der Waals surface area contributed by atoms with Gasteiger partial charge in [0.1, 0.15) is 5.58 Å². The molecule has 2 aromatic heterocycles. The lowest BCUT2D eigenvalue weighted by atomic mass is 9.84. The third-order valence-corrected chi connectivity index (χ3v) is 8.96. The molecular weight excluding hydrogens is 534 g/mol. The van der Waals surface area contributed by atoms with Crippen molar-refractivity contribution in [1.29, 1.82) is 0 Å². The Balaban J connectivity index is 1.62. The Hall–Kier alpha value is -4.01. The van der Waals surface area contributed by atoms with E-state index >= 15 is 0 Å². The van der Waals surface area contributed by atoms with Gasteiger partial charge in [-0.3, -0.25) is 19.3 Å². The molecule has 0 N–H and O–H groups in total. The zero-order valence-electron chi connectivity index (χ0n) is 21.4. The van der Waals surface area contributed by atoms with Crippen molar-refractivity contribution in [2.75, 3.05) is 16.3 Å². The third kappa shape index (κ3) is 3.04. The van der Waals surface area contributed by atoms with Gasteiger partial charge in [0.25, 0.3) is 11.8 Å². The quantitative estimate of drug-likeness (QED) is 0.260. The van der Waals surface area contributed by atoms with Gasteiger partial charge in [-0.15, -0.1) is 0 Å². The molecule has 1 spiro atoms. The standard InChI is InChI=1S/C30H22ClN3O4S/c1-4-11-33-21-8-6-5-7-19(21)30(28(33)37)24-25(35)18-12-15(2)16(3)13-22(18)38-26(24)27(36)34(30)29-32-20-10-9-17(31)14-23(20)39-29/h5-10,12-14H,4,11H2,1-3H3. The Labute approximate surface area is 232 Å². The van der Waals surface area contributed by atoms with Crippen LogP contribution in [0.25, 0.3) is 21.2 Å². The molecule has 0 saturated carbocycles. The number of amides is 2. The number of hydrogen-bond acceptors (Lipinski definition) is 6. The molecule has 2 amide bonds. The number of benzene rings is 3.